The van der Waals surface area contributed by atoms with E-state index in [1.807, 2.05) is 13.8 Å². The second-order valence-corrected chi connectivity index (χ2v) is 11.7. The zero-order valence-electron chi connectivity index (χ0n) is 23.0. The fraction of sp³-hybridized carbons (Fsp3) is 0.281. The summed E-state index contributed by atoms with van der Waals surface area (Å²) in [6.07, 6.45) is 1.87. The molecule has 1 saturated carbocycles. The van der Waals surface area contributed by atoms with E-state index in [1.165, 1.54) is 42.5 Å². The number of benzene rings is 3. The number of ether oxygens (including phenoxy) is 1. The summed E-state index contributed by atoms with van der Waals surface area (Å²) < 4.78 is 5.41. The number of halogens is 2. The smallest absolute Gasteiger partial charge is 0.343 e. The number of esters is 1. The number of amides is 3. The van der Waals surface area contributed by atoms with Crippen molar-refractivity contribution in [2.24, 2.45) is 17.8 Å². The van der Waals surface area contributed by atoms with Crippen LogP contribution in [0.15, 0.2) is 66.7 Å². The predicted molar refractivity (Wildman–Crippen MR) is 156 cm³/mol. The van der Waals surface area contributed by atoms with Gasteiger partial charge in [0.25, 0.3) is 17.7 Å². The topological polar surface area (TPSA) is 101 Å². The molecule has 3 atom stereocenters. The van der Waals surface area contributed by atoms with Crippen molar-refractivity contribution in [2.75, 3.05) is 6.54 Å². The normalized spacial score (nSPS) is 19.8. The SMILES string of the molecule is Cc1ccc(C(=O)Oc2ccc(C(=O)CN(C(=O)c3ccc(Cl)cc3Cl)N3C(=O)[C@H]4C[C@@H](C)CC[C@H]4C3=O)cc2)cc1. The Morgan fingerprint density at radius 1 is 0.881 bits per heavy atom. The Labute approximate surface area is 253 Å². The van der Waals surface area contributed by atoms with Crippen LogP contribution in [0.2, 0.25) is 10.0 Å². The van der Waals surface area contributed by atoms with Crippen molar-refractivity contribution >= 4 is 52.7 Å². The van der Waals surface area contributed by atoms with E-state index >= 15 is 0 Å². The molecule has 10 heteroatoms. The number of rotatable bonds is 7. The molecule has 0 bridgehead atoms. The molecule has 1 heterocycles. The highest BCUT2D eigenvalue weighted by Gasteiger charge is 2.53. The van der Waals surface area contributed by atoms with Gasteiger partial charge < -0.3 is 4.74 Å². The standard InChI is InChI=1S/C32H28Cl2N2O6/c1-18-3-6-21(7-4-18)32(41)42-23-11-8-20(9-12-23)28(37)17-35(29(38)25-14-10-22(33)16-27(25)34)36-30(39)24-13-5-19(2)15-26(24)31(36)40/h3-4,6-12,14,16,19,24,26H,5,13,15,17H2,1-2H3/t19-,24+,26-/m0/s1. The molecule has 3 aromatic rings. The van der Waals surface area contributed by atoms with E-state index in [9.17, 15) is 24.0 Å². The summed E-state index contributed by atoms with van der Waals surface area (Å²) in [4.78, 5) is 66.7. The molecule has 0 unspecified atom stereocenters. The van der Waals surface area contributed by atoms with Gasteiger partial charge in [-0.2, -0.15) is 5.01 Å². The maximum atomic E-state index is 13.8. The van der Waals surface area contributed by atoms with Gasteiger partial charge in [-0.3, -0.25) is 19.2 Å². The van der Waals surface area contributed by atoms with Crippen LogP contribution in [0.25, 0.3) is 0 Å². The third kappa shape index (κ3) is 5.96. The van der Waals surface area contributed by atoms with Crippen molar-refractivity contribution < 1.29 is 28.7 Å². The van der Waals surface area contributed by atoms with Gasteiger partial charge in [0.15, 0.2) is 5.78 Å². The van der Waals surface area contributed by atoms with Gasteiger partial charge >= 0.3 is 5.97 Å². The van der Waals surface area contributed by atoms with Crippen molar-refractivity contribution in [2.45, 2.75) is 33.1 Å². The fourth-order valence-electron chi connectivity index (χ4n) is 5.44. The molecule has 216 valence electrons. The quantitative estimate of drug-likeness (QED) is 0.138. The van der Waals surface area contributed by atoms with Crippen LogP contribution >= 0.6 is 23.2 Å². The minimum Gasteiger partial charge on any atom is -0.423 e. The Morgan fingerprint density at radius 3 is 2.19 bits per heavy atom. The number of nitrogens with zero attached hydrogens (tertiary/aromatic N) is 2. The number of carbonyl (C=O) groups excluding carboxylic acids is 5. The van der Waals surface area contributed by atoms with Gasteiger partial charge in [0.1, 0.15) is 12.3 Å². The molecule has 1 saturated heterocycles. The molecule has 5 rings (SSSR count). The monoisotopic (exact) mass is 606 g/mol. The lowest BCUT2D eigenvalue weighted by atomic mass is 9.76. The minimum absolute atomic E-state index is 0.00364. The molecule has 3 aromatic carbocycles. The molecule has 0 aromatic heterocycles. The first-order valence-corrected chi connectivity index (χ1v) is 14.4. The highest BCUT2D eigenvalue weighted by Crippen LogP contribution is 2.41. The highest BCUT2D eigenvalue weighted by molar-refractivity contribution is 6.36. The lowest BCUT2D eigenvalue weighted by Gasteiger charge is -2.30. The average Bonchev–Trinajstić information content (AvgIpc) is 3.20. The summed E-state index contributed by atoms with van der Waals surface area (Å²) in [6.45, 7) is 3.34. The molecular weight excluding hydrogens is 579 g/mol. The first-order valence-electron chi connectivity index (χ1n) is 13.6. The Kier molecular flexibility index (Phi) is 8.48. The molecule has 2 aliphatic rings. The second-order valence-electron chi connectivity index (χ2n) is 10.8. The van der Waals surface area contributed by atoms with E-state index in [1.54, 1.807) is 24.3 Å². The first kappa shape index (κ1) is 29.5. The van der Waals surface area contributed by atoms with Crippen LogP contribution < -0.4 is 4.74 Å². The van der Waals surface area contributed by atoms with E-state index in [4.69, 9.17) is 27.9 Å². The predicted octanol–water partition coefficient (Wildman–Crippen LogP) is 6.18. The van der Waals surface area contributed by atoms with Crippen molar-refractivity contribution in [3.8, 4) is 5.75 Å². The Hall–Kier alpha value is -4.01. The highest BCUT2D eigenvalue weighted by atomic mass is 35.5. The number of Topliss-reactive ketones (excluding diaryl/α,β-unsaturated/α-hetero) is 1. The van der Waals surface area contributed by atoms with Crippen LogP contribution in [-0.2, 0) is 9.59 Å². The number of hydrazine groups is 1. The van der Waals surface area contributed by atoms with Crippen molar-refractivity contribution in [3.05, 3.63) is 99.0 Å². The van der Waals surface area contributed by atoms with Crippen LogP contribution in [0.3, 0.4) is 0 Å². The third-order valence-electron chi connectivity index (χ3n) is 7.77. The molecule has 8 nitrogen and oxygen atoms in total. The molecule has 0 N–H and O–H groups in total. The number of fused-ring (bicyclic) bond motifs is 1. The number of hydrogen-bond donors (Lipinski definition) is 0. The van der Waals surface area contributed by atoms with Crippen LogP contribution in [0.4, 0.5) is 0 Å². The van der Waals surface area contributed by atoms with Crippen LogP contribution in [0.1, 0.15) is 62.8 Å². The van der Waals surface area contributed by atoms with Gasteiger partial charge in [0, 0.05) is 10.6 Å². The molecule has 0 radical (unpaired) electrons. The van der Waals surface area contributed by atoms with Gasteiger partial charge in [-0.1, -0.05) is 47.8 Å². The molecule has 1 aliphatic heterocycles. The summed E-state index contributed by atoms with van der Waals surface area (Å²) in [5.41, 5.74) is 1.57. The summed E-state index contributed by atoms with van der Waals surface area (Å²) in [6, 6.07) is 17.0. The average molecular weight is 607 g/mol. The van der Waals surface area contributed by atoms with E-state index in [0.29, 0.717) is 23.4 Å². The first-order chi connectivity index (χ1) is 20.0. The fourth-order valence-corrected chi connectivity index (χ4v) is 5.93. The number of imide groups is 1. The maximum absolute atomic E-state index is 13.8. The lowest BCUT2D eigenvalue weighted by Crippen LogP contribution is -2.52. The van der Waals surface area contributed by atoms with Crippen molar-refractivity contribution in [1.29, 1.82) is 0 Å². The van der Waals surface area contributed by atoms with E-state index in [-0.39, 0.29) is 27.8 Å². The lowest BCUT2D eigenvalue weighted by molar-refractivity contribution is -0.154. The van der Waals surface area contributed by atoms with Gasteiger partial charge in [-0.05, 0) is 86.7 Å². The number of ketones is 1. The van der Waals surface area contributed by atoms with Gasteiger partial charge in [0.2, 0.25) is 0 Å². The van der Waals surface area contributed by atoms with Crippen LogP contribution in [0, 0.1) is 24.7 Å². The molecule has 3 amide bonds. The zero-order valence-corrected chi connectivity index (χ0v) is 24.5. The minimum atomic E-state index is -0.776. The molecule has 0 spiro atoms. The van der Waals surface area contributed by atoms with Gasteiger partial charge in [-0.15, -0.1) is 0 Å². The summed E-state index contributed by atoms with van der Waals surface area (Å²) in [5.74, 6) is -3.46. The number of hydrogen-bond acceptors (Lipinski definition) is 6. The van der Waals surface area contributed by atoms with Crippen molar-refractivity contribution in [3.63, 3.8) is 0 Å². The van der Waals surface area contributed by atoms with E-state index in [2.05, 4.69) is 0 Å². The van der Waals surface area contributed by atoms with Crippen LogP contribution in [-0.4, -0.2) is 46.0 Å². The summed E-state index contributed by atoms with van der Waals surface area (Å²) in [7, 11) is 0. The zero-order chi connectivity index (χ0) is 30.1. The van der Waals surface area contributed by atoms with Crippen LogP contribution in [0.5, 0.6) is 5.75 Å². The maximum Gasteiger partial charge on any atom is 0.343 e. The summed E-state index contributed by atoms with van der Waals surface area (Å²) >= 11 is 12.3. The Bertz CT molecular complexity index is 1570. The molecular formula is C32H28Cl2N2O6. The van der Waals surface area contributed by atoms with Crippen molar-refractivity contribution in [1.82, 2.24) is 10.0 Å². The molecule has 1 aliphatic carbocycles. The molecule has 2 fully saturated rings. The summed E-state index contributed by atoms with van der Waals surface area (Å²) in [5, 5.41) is 2.04. The Morgan fingerprint density at radius 2 is 1.52 bits per heavy atom. The van der Waals surface area contributed by atoms with E-state index in [0.717, 1.165) is 22.0 Å². The third-order valence-corrected chi connectivity index (χ3v) is 8.32. The van der Waals surface area contributed by atoms with E-state index < -0.39 is 47.9 Å². The van der Waals surface area contributed by atoms with Gasteiger partial charge in [0.05, 0.1) is 28.0 Å². The second kappa shape index (κ2) is 12.1. The largest absolute Gasteiger partial charge is 0.423 e. The number of carbonyl (C=O) groups is 5. The Balaban J connectivity index is 1.39. The molecule has 42 heavy (non-hydrogen) atoms. The number of aryl methyl sites for hydroxylation is 1. The van der Waals surface area contributed by atoms with Gasteiger partial charge in [-0.25, -0.2) is 9.80 Å².